The lowest BCUT2D eigenvalue weighted by Crippen LogP contribution is -2.65. The summed E-state index contributed by atoms with van der Waals surface area (Å²) in [4.78, 5) is 11.2. The third-order valence-corrected chi connectivity index (χ3v) is 6.82. The minimum atomic E-state index is -4.96. The third-order valence-electron chi connectivity index (χ3n) is 6.37. The number of alkyl halides is 4. The molecule has 26 heavy (non-hydrogen) atoms. The Morgan fingerprint density at radius 2 is 1.92 bits per heavy atom. The van der Waals surface area contributed by atoms with Crippen molar-refractivity contribution < 1.29 is 23.1 Å². The maximum atomic E-state index is 12.9. The first-order chi connectivity index (χ1) is 12.1. The number of carbonyl (C=O) groups excluding carboxylic acids is 1. The lowest BCUT2D eigenvalue weighted by atomic mass is 9.47. The maximum Gasteiger partial charge on any atom is 0.471 e. The van der Waals surface area contributed by atoms with Gasteiger partial charge >= 0.3 is 12.1 Å². The third kappa shape index (κ3) is 3.01. The molecule has 4 bridgehead atoms. The summed E-state index contributed by atoms with van der Waals surface area (Å²) in [6.45, 7) is 0. The van der Waals surface area contributed by atoms with Gasteiger partial charge in [-0.3, -0.25) is 4.79 Å². The lowest BCUT2D eigenvalue weighted by molar-refractivity contribution is -0.187. The fourth-order valence-electron chi connectivity index (χ4n) is 5.90. The van der Waals surface area contributed by atoms with E-state index in [0.29, 0.717) is 30.7 Å². The summed E-state index contributed by atoms with van der Waals surface area (Å²) in [6, 6.07) is 7.74. The second kappa shape index (κ2) is 5.86. The van der Waals surface area contributed by atoms with Crippen molar-refractivity contribution in [1.82, 2.24) is 5.32 Å². The normalized spacial score (nSPS) is 39.7. The van der Waals surface area contributed by atoms with Crippen LogP contribution in [0, 0.1) is 17.8 Å². The van der Waals surface area contributed by atoms with E-state index in [2.05, 4.69) is 5.32 Å². The second-order valence-corrected chi connectivity index (χ2v) is 9.09. The van der Waals surface area contributed by atoms with Crippen LogP contribution < -0.4 is 5.32 Å². The minimum absolute atomic E-state index is 0.00232. The van der Waals surface area contributed by atoms with Gasteiger partial charge in [0, 0.05) is 10.8 Å². The summed E-state index contributed by atoms with van der Waals surface area (Å²) < 4.78 is 38.7. The molecule has 1 aromatic carbocycles. The molecule has 0 spiro atoms. The molecular weight excluding hydrogens is 367 g/mol. The van der Waals surface area contributed by atoms with Crippen LogP contribution in [0.5, 0.6) is 0 Å². The molecule has 5 rings (SSSR count). The van der Waals surface area contributed by atoms with Crippen LogP contribution in [-0.4, -0.2) is 27.7 Å². The number of carbonyl (C=O) groups is 1. The monoisotopic (exact) mass is 387 g/mol. The average molecular weight is 388 g/mol. The van der Waals surface area contributed by atoms with Gasteiger partial charge in [0.2, 0.25) is 0 Å². The van der Waals surface area contributed by atoms with Gasteiger partial charge in [-0.1, -0.05) is 30.3 Å². The standard InChI is InChI=1S/C19H21ClF3NO2/c20-17-7-11-6-13(9-17)14(18(26,8-11)10-17)15(12-4-2-1-3-5-12)24-16(25)19(21,22)23/h1-5,11,13-15,26H,6-10H2,(H,24,25)/t11?,13?,14-,15+,17+,18+/m1/s1. The number of aliphatic hydroxyl groups is 1. The molecule has 0 radical (unpaired) electrons. The van der Waals surface area contributed by atoms with Gasteiger partial charge in [-0.2, -0.15) is 13.2 Å². The Labute approximate surface area is 154 Å². The summed E-state index contributed by atoms with van der Waals surface area (Å²) in [6.07, 6.45) is -1.70. The number of nitrogens with one attached hydrogen (secondary N) is 1. The van der Waals surface area contributed by atoms with E-state index in [1.165, 1.54) is 0 Å². The molecule has 142 valence electrons. The van der Waals surface area contributed by atoms with Gasteiger partial charge in [0.15, 0.2) is 0 Å². The number of hydrogen-bond acceptors (Lipinski definition) is 2. The molecule has 6 atom stereocenters. The van der Waals surface area contributed by atoms with Crippen molar-refractivity contribution in [3.63, 3.8) is 0 Å². The summed E-state index contributed by atoms with van der Waals surface area (Å²) in [7, 11) is 0. The van der Waals surface area contributed by atoms with Gasteiger partial charge in [0.05, 0.1) is 11.6 Å². The Morgan fingerprint density at radius 1 is 1.23 bits per heavy atom. The van der Waals surface area contributed by atoms with Crippen LogP contribution in [-0.2, 0) is 4.79 Å². The summed E-state index contributed by atoms with van der Waals surface area (Å²) in [5, 5.41) is 13.5. The van der Waals surface area contributed by atoms with E-state index in [-0.39, 0.29) is 5.92 Å². The van der Waals surface area contributed by atoms with E-state index in [4.69, 9.17) is 11.6 Å². The quantitative estimate of drug-likeness (QED) is 0.771. The van der Waals surface area contributed by atoms with Crippen molar-refractivity contribution in [3.05, 3.63) is 35.9 Å². The lowest BCUT2D eigenvalue weighted by Gasteiger charge is -2.63. The maximum absolute atomic E-state index is 12.9. The van der Waals surface area contributed by atoms with Crippen molar-refractivity contribution in [3.8, 4) is 0 Å². The van der Waals surface area contributed by atoms with Crippen molar-refractivity contribution in [2.24, 2.45) is 17.8 Å². The van der Waals surface area contributed by atoms with E-state index in [1.807, 2.05) is 0 Å². The number of amides is 1. The summed E-state index contributed by atoms with van der Waals surface area (Å²) >= 11 is 6.69. The minimum Gasteiger partial charge on any atom is -0.389 e. The zero-order valence-electron chi connectivity index (χ0n) is 14.1. The molecule has 4 fully saturated rings. The van der Waals surface area contributed by atoms with Gasteiger partial charge in [0.1, 0.15) is 0 Å². The molecule has 0 saturated heterocycles. The molecule has 1 amide bonds. The Bertz CT molecular complexity index is 712. The van der Waals surface area contributed by atoms with Gasteiger partial charge in [-0.15, -0.1) is 11.6 Å². The van der Waals surface area contributed by atoms with E-state index < -0.39 is 34.5 Å². The number of benzene rings is 1. The van der Waals surface area contributed by atoms with Crippen molar-refractivity contribution in [2.45, 2.75) is 54.8 Å². The highest BCUT2D eigenvalue weighted by molar-refractivity contribution is 6.24. The number of halogens is 4. The van der Waals surface area contributed by atoms with Crippen LogP contribution in [0.1, 0.15) is 43.7 Å². The summed E-state index contributed by atoms with van der Waals surface area (Å²) in [5.41, 5.74) is -0.565. The van der Waals surface area contributed by atoms with E-state index >= 15 is 0 Å². The van der Waals surface area contributed by atoms with Gasteiger partial charge in [-0.05, 0) is 49.5 Å². The molecule has 1 aromatic rings. The Hall–Kier alpha value is -1.27. The van der Waals surface area contributed by atoms with Crippen LogP contribution in [0.2, 0.25) is 0 Å². The average Bonchev–Trinajstić information content (AvgIpc) is 2.50. The fourth-order valence-corrected chi connectivity index (χ4v) is 6.55. The van der Waals surface area contributed by atoms with E-state index in [0.717, 1.165) is 12.8 Å². The molecule has 4 saturated carbocycles. The van der Waals surface area contributed by atoms with Gasteiger partial charge in [0.25, 0.3) is 0 Å². The topological polar surface area (TPSA) is 49.3 Å². The van der Waals surface area contributed by atoms with Crippen LogP contribution >= 0.6 is 11.6 Å². The van der Waals surface area contributed by atoms with Crippen LogP contribution in [0.15, 0.2) is 30.3 Å². The molecule has 0 heterocycles. The predicted molar refractivity (Wildman–Crippen MR) is 90.5 cm³/mol. The molecule has 0 aromatic heterocycles. The Balaban J connectivity index is 1.71. The highest BCUT2D eigenvalue weighted by Gasteiger charge is 2.63. The molecule has 4 aliphatic rings. The highest BCUT2D eigenvalue weighted by Crippen LogP contribution is 2.64. The van der Waals surface area contributed by atoms with Crippen LogP contribution in [0.4, 0.5) is 13.2 Å². The zero-order valence-corrected chi connectivity index (χ0v) is 14.9. The summed E-state index contributed by atoms with van der Waals surface area (Å²) in [5.74, 6) is -2.14. The van der Waals surface area contributed by atoms with Gasteiger partial charge < -0.3 is 10.4 Å². The largest absolute Gasteiger partial charge is 0.471 e. The smallest absolute Gasteiger partial charge is 0.389 e. The van der Waals surface area contributed by atoms with Crippen LogP contribution in [0.25, 0.3) is 0 Å². The number of hydrogen-bond donors (Lipinski definition) is 2. The molecule has 0 aliphatic heterocycles. The second-order valence-electron chi connectivity index (χ2n) is 8.29. The molecule has 2 N–H and O–H groups in total. The van der Waals surface area contributed by atoms with E-state index in [9.17, 15) is 23.1 Å². The van der Waals surface area contributed by atoms with Crippen LogP contribution in [0.3, 0.4) is 0 Å². The number of rotatable bonds is 3. The van der Waals surface area contributed by atoms with Crippen molar-refractivity contribution >= 4 is 17.5 Å². The SMILES string of the molecule is O=C(N[C@@H](c1ccccc1)[C@H]1C2CC3C[C@](Cl)(C2)C[C@@]1(O)C3)C(F)(F)F. The van der Waals surface area contributed by atoms with Crippen molar-refractivity contribution in [2.75, 3.05) is 0 Å². The van der Waals surface area contributed by atoms with Crippen molar-refractivity contribution in [1.29, 1.82) is 0 Å². The first kappa shape index (κ1) is 18.1. The molecule has 2 unspecified atom stereocenters. The molecule has 4 aliphatic carbocycles. The highest BCUT2D eigenvalue weighted by atomic mass is 35.5. The Kier molecular flexibility index (Phi) is 4.08. The fraction of sp³-hybridized carbons (Fsp3) is 0.632. The Morgan fingerprint density at radius 3 is 2.50 bits per heavy atom. The molecule has 7 heteroatoms. The first-order valence-electron chi connectivity index (χ1n) is 8.94. The first-order valence-corrected chi connectivity index (χ1v) is 9.31. The zero-order chi connectivity index (χ0) is 18.7. The predicted octanol–water partition coefficient (Wildman–Crippen LogP) is 3.95. The van der Waals surface area contributed by atoms with E-state index in [1.54, 1.807) is 30.3 Å². The molecular formula is C19H21ClF3NO2. The molecule has 3 nitrogen and oxygen atoms in total. The van der Waals surface area contributed by atoms with Gasteiger partial charge in [-0.25, -0.2) is 0 Å².